The van der Waals surface area contributed by atoms with E-state index in [2.05, 4.69) is 31.2 Å². The van der Waals surface area contributed by atoms with Gasteiger partial charge in [0.25, 0.3) is 0 Å². The molecule has 0 amide bonds. The summed E-state index contributed by atoms with van der Waals surface area (Å²) in [5.41, 5.74) is 3.10. The molecule has 0 aromatic heterocycles. The average Bonchev–Trinajstić information content (AvgIpc) is 2.63. The zero-order valence-electron chi connectivity index (χ0n) is 14.2. The lowest BCUT2D eigenvalue weighted by atomic mass is 10.0. The normalized spacial score (nSPS) is 11.9. The summed E-state index contributed by atoms with van der Waals surface area (Å²) in [7, 11) is 0. The van der Waals surface area contributed by atoms with Crippen LogP contribution in [0, 0.1) is 6.92 Å². The SMILES string of the molecule is Cc1ccc(CCC(O)c2ccc(Oc3ccccc3)c(O)c2)cc1. The number of hydrogen-bond acceptors (Lipinski definition) is 3. The summed E-state index contributed by atoms with van der Waals surface area (Å²) in [5, 5.41) is 20.6. The maximum Gasteiger partial charge on any atom is 0.169 e. The number of para-hydroxylation sites is 1. The molecule has 0 aliphatic heterocycles. The predicted molar refractivity (Wildman–Crippen MR) is 99.1 cm³/mol. The smallest absolute Gasteiger partial charge is 0.169 e. The van der Waals surface area contributed by atoms with Gasteiger partial charge in [-0.15, -0.1) is 0 Å². The fourth-order valence-electron chi connectivity index (χ4n) is 2.67. The van der Waals surface area contributed by atoms with Gasteiger partial charge in [-0.05, 0) is 55.2 Å². The van der Waals surface area contributed by atoms with E-state index in [0.717, 1.165) is 6.42 Å². The van der Waals surface area contributed by atoms with Gasteiger partial charge < -0.3 is 14.9 Å². The number of aromatic hydroxyl groups is 1. The molecule has 2 N–H and O–H groups in total. The molecule has 0 saturated heterocycles. The fraction of sp³-hybridized carbons (Fsp3) is 0.182. The molecule has 0 aliphatic rings. The Hall–Kier alpha value is -2.78. The van der Waals surface area contributed by atoms with E-state index in [9.17, 15) is 10.2 Å². The third-order valence-electron chi connectivity index (χ3n) is 4.17. The van der Waals surface area contributed by atoms with Crippen LogP contribution < -0.4 is 4.74 Å². The van der Waals surface area contributed by atoms with Gasteiger partial charge in [0, 0.05) is 0 Å². The summed E-state index contributed by atoms with van der Waals surface area (Å²) in [5.74, 6) is 1.06. The second kappa shape index (κ2) is 7.86. The summed E-state index contributed by atoms with van der Waals surface area (Å²) in [4.78, 5) is 0. The molecule has 0 heterocycles. The second-order valence-electron chi connectivity index (χ2n) is 6.18. The van der Waals surface area contributed by atoms with E-state index in [-0.39, 0.29) is 5.75 Å². The Balaban J connectivity index is 1.64. The molecule has 3 aromatic carbocycles. The van der Waals surface area contributed by atoms with Gasteiger partial charge in [-0.25, -0.2) is 0 Å². The molecule has 0 spiro atoms. The number of aliphatic hydroxyl groups excluding tert-OH is 1. The van der Waals surface area contributed by atoms with Crippen molar-refractivity contribution in [2.45, 2.75) is 25.9 Å². The van der Waals surface area contributed by atoms with Gasteiger partial charge in [0.2, 0.25) is 0 Å². The molecule has 3 aromatic rings. The zero-order chi connectivity index (χ0) is 17.6. The van der Waals surface area contributed by atoms with Crippen LogP contribution >= 0.6 is 0 Å². The Bertz CT molecular complexity index is 810. The lowest BCUT2D eigenvalue weighted by Crippen LogP contribution is -2.00. The highest BCUT2D eigenvalue weighted by molar-refractivity contribution is 5.45. The molecule has 3 nitrogen and oxygen atoms in total. The van der Waals surface area contributed by atoms with Crippen molar-refractivity contribution < 1.29 is 14.9 Å². The number of rotatable bonds is 6. The Morgan fingerprint density at radius 2 is 1.64 bits per heavy atom. The minimum Gasteiger partial charge on any atom is -0.504 e. The monoisotopic (exact) mass is 334 g/mol. The van der Waals surface area contributed by atoms with Crippen molar-refractivity contribution in [2.24, 2.45) is 0 Å². The molecule has 3 heteroatoms. The minimum absolute atomic E-state index is 0.0238. The standard InChI is InChI=1S/C22H22O3/c1-16-7-9-17(10-8-16)11-13-20(23)18-12-14-22(21(24)15-18)25-19-5-3-2-4-6-19/h2-10,12,14-15,20,23-24H,11,13H2,1H3. The van der Waals surface area contributed by atoms with Gasteiger partial charge in [0.05, 0.1) is 6.10 Å². The van der Waals surface area contributed by atoms with Gasteiger partial charge in [-0.3, -0.25) is 0 Å². The molecule has 0 saturated carbocycles. The van der Waals surface area contributed by atoms with Crippen molar-refractivity contribution in [1.29, 1.82) is 0 Å². The van der Waals surface area contributed by atoms with Gasteiger partial charge in [0.15, 0.2) is 11.5 Å². The maximum absolute atomic E-state index is 10.4. The van der Waals surface area contributed by atoms with E-state index < -0.39 is 6.10 Å². The molecule has 0 bridgehead atoms. The van der Waals surface area contributed by atoms with E-state index >= 15 is 0 Å². The summed E-state index contributed by atoms with van der Waals surface area (Å²) < 4.78 is 5.65. The first-order valence-corrected chi connectivity index (χ1v) is 8.41. The quantitative estimate of drug-likeness (QED) is 0.655. The molecule has 0 fully saturated rings. The highest BCUT2D eigenvalue weighted by atomic mass is 16.5. The molecular weight excluding hydrogens is 312 g/mol. The Kier molecular flexibility index (Phi) is 5.36. The third kappa shape index (κ3) is 4.61. The molecule has 0 aliphatic carbocycles. The lowest BCUT2D eigenvalue weighted by molar-refractivity contribution is 0.167. The van der Waals surface area contributed by atoms with Crippen LogP contribution in [-0.4, -0.2) is 10.2 Å². The van der Waals surface area contributed by atoms with Crippen LogP contribution in [0.2, 0.25) is 0 Å². The van der Waals surface area contributed by atoms with Gasteiger partial charge in [-0.2, -0.15) is 0 Å². The number of phenolic OH excluding ortho intramolecular Hbond substituents is 1. The molecule has 1 atom stereocenters. The Labute approximate surface area is 148 Å². The maximum atomic E-state index is 10.4. The molecule has 25 heavy (non-hydrogen) atoms. The van der Waals surface area contributed by atoms with E-state index in [4.69, 9.17) is 4.74 Å². The highest BCUT2D eigenvalue weighted by Gasteiger charge is 2.12. The Morgan fingerprint density at radius 3 is 2.32 bits per heavy atom. The summed E-state index contributed by atoms with van der Waals surface area (Å²) in [6, 6.07) is 22.6. The van der Waals surface area contributed by atoms with E-state index in [1.54, 1.807) is 18.2 Å². The topological polar surface area (TPSA) is 49.7 Å². The van der Waals surface area contributed by atoms with Crippen LogP contribution in [0.15, 0.2) is 72.8 Å². The van der Waals surface area contributed by atoms with Crippen molar-refractivity contribution in [3.8, 4) is 17.2 Å². The first kappa shape index (κ1) is 17.1. The fourth-order valence-corrected chi connectivity index (χ4v) is 2.67. The lowest BCUT2D eigenvalue weighted by Gasteiger charge is -2.14. The summed E-state index contributed by atoms with van der Waals surface area (Å²) >= 11 is 0. The third-order valence-corrected chi connectivity index (χ3v) is 4.17. The molecule has 1 unspecified atom stereocenters. The van der Waals surface area contributed by atoms with Crippen LogP contribution in [-0.2, 0) is 6.42 Å². The number of hydrogen-bond donors (Lipinski definition) is 2. The number of ether oxygens (including phenoxy) is 1. The molecule has 128 valence electrons. The summed E-state index contributed by atoms with van der Waals surface area (Å²) in [6.07, 6.45) is 0.754. The van der Waals surface area contributed by atoms with Crippen LogP contribution in [0.3, 0.4) is 0 Å². The van der Waals surface area contributed by atoms with Crippen molar-refractivity contribution in [3.05, 3.63) is 89.5 Å². The minimum atomic E-state index is -0.627. The van der Waals surface area contributed by atoms with Crippen LogP contribution in [0.1, 0.15) is 29.2 Å². The first-order valence-electron chi connectivity index (χ1n) is 8.41. The predicted octanol–water partition coefficient (Wildman–Crippen LogP) is 5.16. The van der Waals surface area contributed by atoms with Crippen molar-refractivity contribution >= 4 is 0 Å². The van der Waals surface area contributed by atoms with Gasteiger partial charge in [-0.1, -0.05) is 54.1 Å². The van der Waals surface area contributed by atoms with E-state index in [1.165, 1.54) is 11.1 Å². The first-order chi connectivity index (χ1) is 12.1. The van der Waals surface area contributed by atoms with Crippen molar-refractivity contribution in [3.63, 3.8) is 0 Å². The molecular formula is C22H22O3. The molecule has 0 radical (unpaired) electrons. The average molecular weight is 334 g/mol. The summed E-state index contributed by atoms with van der Waals surface area (Å²) in [6.45, 7) is 2.06. The highest BCUT2D eigenvalue weighted by Crippen LogP contribution is 2.33. The van der Waals surface area contributed by atoms with Gasteiger partial charge >= 0.3 is 0 Å². The van der Waals surface area contributed by atoms with Gasteiger partial charge in [0.1, 0.15) is 5.75 Å². The number of aryl methyl sites for hydroxylation is 2. The van der Waals surface area contributed by atoms with Crippen LogP contribution in [0.4, 0.5) is 0 Å². The largest absolute Gasteiger partial charge is 0.504 e. The van der Waals surface area contributed by atoms with E-state index in [1.807, 2.05) is 30.3 Å². The van der Waals surface area contributed by atoms with Crippen molar-refractivity contribution in [2.75, 3.05) is 0 Å². The second-order valence-corrected chi connectivity index (χ2v) is 6.18. The zero-order valence-corrected chi connectivity index (χ0v) is 14.2. The van der Waals surface area contributed by atoms with E-state index in [0.29, 0.717) is 23.5 Å². The van der Waals surface area contributed by atoms with Crippen LogP contribution in [0.5, 0.6) is 17.2 Å². The number of aliphatic hydroxyl groups is 1. The number of phenols is 1. The van der Waals surface area contributed by atoms with Crippen LogP contribution in [0.25, 0.3) is 0 Å². The molecule has 3 rings (SSSR count). The Morgan fingerprint density at radius 1 is 0.920 bits per heavy atom. The number of benzene rings is 3. The van der Waals surface area contributed by atoms with Crippen molar-refractivity contribution in [1.82, 2.24) is 0 Å².